The van der Waals surface area contributed by atoms with Crippen LogP contribution in [0.15, 0.2) is 30.3 Å². The zero-order chi connectivity index (χ0) is 16.3. The van der Waals surface area contributed by atoms with Gasteiger partial charge in [-0.15, -0.1) is 13.1 Å². The summed E-state index contributed by atoms with van der Waals surface area (Å²) >= 11 is 0. The molecular weight excluding hydrogens is 478 g/mol. The second-order valence-electron chi connectivity index (χ2n) is 5.08. The first-order valence-electron chi connectivity index (χ1n) is 7.77. The number of nitrogens with zero attached hydrogens (tertiary/aromatic N) is 5. The Morgan fingerprint density at radius 3 is 2.62 bits per heavy atom. The van der Waals surface area contributed by atoms with Crippen LogP contribution in [0.5, 0.6) is 0 Å². The second-order valence-corrected chi connectivity index (χ2v) is 5.08. The molecule has 0 atom stereocenters. The SMILES string of the molecule is CCOC(=O)Cn1n[c-]nn1.[W+2].c1ccc(C2CC[N-]CC2)cc1. The summed E-state index contributed by atoms with van der Waals surface area (Å²) in [5, 5.41) is 14.6. The van der Waals surface area contributed by atoms with E-state index in [2.05, 4.69) is 62.1 Å². The van der Waals surface area contributed by atoms with Gasteiger partial charge in [-0.25, -0.2) is 11.1 Å². The largest absolute Gasteiger partial charge is 2.00 e. The second kappa shape index (κ2) is 11.9. The van der Waals surface area contributed by atoms with Gasteiger partial charge in [-0.2, -0.15) is 4.80 Å². The minimum atomic E-state index is -0.376. The van der Waals surface area contributed by atoms with E-state index in [4.69, 9.17) is 0 Å². The summed E-state index contributed by atoms with van der Waals surface area (Å²) in [4.78, 5) is 11.9. The molecule has 1 fully saturated rings. The summed E-state index contributed by atoms with van der Waals surface area (Å²) in [6.07, 6.45) is 4.70. The normalized spacial score (nSPS) is 14.0. The first kappa shape index (κ1) is 20.5. The van der Waals surface area contributed by atoms with Crippen molar-refractivity contribution in [2.45, 2.75) is 32.2 Å². The maximum absolute atomic E-state index is 10.7. The van der Waals surface area contributed by atoms with Crippen molar-refractivity contribution >= 4 is 5.97 Å². The first-order chi connectivity index (χ1) is 11.3. The first-order valence-corrected chi connectivity index (χ1v) is 7.77. The van der Waals surface area contributed by atoms with Gasteiger partial charge in [0.2, 0.25) is 0 Å². The fourth-order valence-corrected chi connectivity index (χ4v) is 2.36. The van der Waals surface area contributed by atoms with Crippen LogP contribution in [0.1, 0.15) is 31.2 Å². The van der Waals surface area contributed by atoms with Gasteiger partial charge in [0.25, 0.3) is 0 Å². The van der Waals surface area contributed by atoms with Crippen molar-refractivity contribution in [3.8, 4) is 0 Å². The molecule has 0 N–H and O–H groups in total. The number of hydrogen-bond acceptors (Lipinski definition) is 5. The fourth-order valence-electron chi connectivity index (χ4n) is 2.36. The van der Waals surface area contributed by atoms with Crippen molar-refractivity contribution in [2.24, 2.45) is 0 Å². The van der Waals surface area contributed by atoms with Crippen LogP contribution in [-0.4, -0.2) is 45.9 Å². The fraction of sp³-hybridized carbons (Fsp3) is 0.500. The Morgan fingerprint density at radius 2 is 2.04 bits per heavy atom. The van der Waals surface area contributed by atoms with E-state index in [1.807, 2.05) is 0 Å². The maximum atomic E-state index is 10.7. The van der Waals surface area contributed by atoms with Crippen LogP contribution in [-0.2, 0) is 37.1 Å². The number of rotatable bonds is 4. The summed E-state index contributed by atoms with van der Waals surface area (Å²) in [6.45, 7) is 4.19. The molecule has 7 nitrogen and oxygen atoms in total. The number of tetrazole rings is 1. The molecule has 0 unspecified atom stereocenters. The molecule has 1 aliphatic rings. The molecule has 0 spiro atoms. The van der Waals surface area contributed by atoms with Crippen molar-refractivity contribution in [1.82, 2.24) is 20.2 Å². The van der Waals surface area contributed by atoms with E-state index in [0.29, 0.717) is 6.61 Å². The summed E-state index contributed by atoms with van der Waals surface area (Å²) in [6, 6.07) is 10.8. The van der Waals surface area contributed by atoms with Gasteiger partial charge in [0, 0.05) is 0 Å². The number of hydrogen-bond donors (Lipinski definition) is 0. The van der Waals surface area contributed by atoms with Crippen LogP contribution in [0.4, 0.5) is 0 Å². The van der Waals surface area contributed by atoms with Gasteiger partial charge in [-0.3, -0.25) is 0 Å². The van der Waals surface area contributed by atoms with E-state index in [1.54, 1.807) is 6.92 Å². The number of piperidine rings is 1. The Balaban J connectivity index is 0.000000232. The molecule has 2 aromatic rings. The molecule has 1 aromatic carbocycles. The van der Waals surface area contributed by atoms with E-state index in [1.165, 1.54) is 18.4 Å². The number of benzene rings is 1. The third-order valence-electron chi connectivity index (χ3n) is 3.47. The Labute approximate surface area is 156 Å². The van der Waals surface area contributed by atoms with Crippen LogP contribution in [0.2, 0.25) is 0 Å². The molecule has 1 aliphatic heterocycles. The molecule has 2 heterocycles. The molecule has 1 saturated heterocycles. The molecule has 0 amide bonds. The minimum absolute atomic E-state index is 0. The van der Waals surface area contributed by atoms with Crippen molar-refractivity contribution in [3.05, 3.63) is 47.5 Å². The predicted molar refractivity (Wildman–Crippen MR) is 84.8 cm³/mol. The molecule has 3 rings (SSSR count). The number of carbonyl (C=O) groups excluding carboxylic acids is 1. The average molecular weight is 499 g/mol. The van der Waals surface area contributed by atoms with Crippen LogP contribution >= 0.6 is 0 Å². The van der Waals surface area contributed by atoms with E-state index in [9.17, 15) is 4.79 Å². The molecule has 8 heteroatoms. The molecule has 1 aromatic heterocycles. The smallest absolute Gasteiger partial charge is 0.662 e. The van der Waals surface area contributed by atoms with E-state index >= 15 is 0 Å². The Bertz CT molecular complexity index is 559. The quantitative estimate of drug-likeness (QED) is 0.475. The van der Waals surface area contributed by atoms with E-state index < -0.39 is 0 Å². The molecule has 24 heavy (non-hydrogen) atoms. The van der Waals surface area contributed by atoms with Gasteiger partial charge >= 0.3 is 27.0 Å². The van der Waals surface area contributed by atoms with Gasteiger partial charge in [-0.1, -0.05) is 48.4 Å². The Morgan fingerprint density at radius 1 is 1.33 bits per heavy atom. The zero-order valence-corrected chi connectivity index (χ0v) is 16.6. The standard InChI is InChI=1S/C11H14N.C5H7N4O2.W/c1-2-4-10(5-3-1)11-6-8-12-9-7-11;1-2-11-5(10)3-9-7-4-6-8-9;/h1-5,11H,6-9H2;2-3H2,1H3;/q2*-1;+2. The van der Waals surface area contributed by atoms with Gasteiger partial charge < -0.3 is 20.3 Å². The van der Waals surface area contributed by atoms with E-state index in [0.717, 1.165) is 23.8 Å². The number of ether oxygens (including phenoxy) is 1. The predicted octanol–water partition coefficient (Wildman–Crippen LogP) is 1.97. The Kier molecular flexibility index (Phi) is 10.1. The van der Waals surface area contributed by atoms with Gasteiger partial charge in [0.1, 0.15) is 0 Å². The summed E-state index contributed by atoms with van der Waals surface area (Å²) in [5.74, 6) is 0.391. The van der Waals surface area contributed by atoms with Crippen molar-refractivity contribution < 1.29 is 30.6 Å². The summed E-state index contributed by atoms with van der Waals surface area (Å²) in [5.41, 5.74) is 1.49. The van der Waals surface area contributed by atoms with Crippen molar-refractivity contribution in [3.63, 3.8) is 0 Å². The van der Waals surface area contributed by atoms with Crippen LogP contribution in [0.3, 0.4) is 0 Å². The minimum Gasteiger partial charge on any atom is -0.662 e. The number of esters is 1. The van der Waals surface area contributed by atoms with Gasteiger partial charge in [0.15, 0.2) is 6.54 Å². The van der Waals surface area contributed by atoms with Crippen LogP contribution < -0.4 is 0 Å². The molecule has 0 radical (unpaired) electrons. The van der Waals surface area contributed by atoms with Crippen LogP contribution in [0, 0.1) is 6.33 Å². The third kappa shape index (κ3) is 7.32. The van der Waals surface area contributed by atoms with Crippen LogP contribution in [0.25, 0.3) is 5.32 Å². The molecule has 0 bridgehead atoms. The van der Waals surface area contributed by atoms with Crippen molar-refractivity contribution in [1.29, 1.82) is 0 Å². The van der Waals surface area contributed by atoms with Gasteiger partial charge in [-0.05, 0) is 18.4 Å². The van der Waals surface area contributed by atoms with Crippen molar-refractivity contribution in [2.75, 3.05) is 19.7 Å². The monoisotopic (exact) mass is 499 g/mol. The van der Waals surface area contributed by atoms with Gasteiger partial charge in [0.05, 0.1) is 6.61 Å². The van der Waals surface area contributed by atoms with E-state index in [-0.39, 0.29) is 33.6 Å². The molecule has 0 aliphatic carbocycles. The number of aromatic nitrogens is 4. The average Bonchev–Trinajstić information content (AvgIpc) is 3.10. The molecule has 128 valence electrons. The topological polar surface area (TPSA) is 84.0 Å². The third-order valence-corrected chi connectivity index (χ3v) is 3.47. The molecule has 0 saturated carbocycles. The zero-order valence-electron chi connectivity index (χ0n) is 13.7. The number of carbonyl (C=O) groups is 1. The maximum Gasteiger partial charge on any atom is 2.00 e. The molecular formula is C16H21N5O2W. The summed E-state index contributed by atoms with van der Waals surface area (Å²) < 4.78 is 4.63. The summed E-state index contributed by atoms with van der Waals surface area (Å²) in [7, 11) is 0. The Hall–Kier alpha value is -1.59.